The van der Waals surface area contributed by atoms with Crippen molar-refractivity contribution < 1.29 is 19.4 Å². The lowest BCUT2D eigenvalue weighted by atomic mass is 9.82. The average Bonchev–Trinajstić information content (AvgIpc) is 3.26. The van der Waals surface area contributed by atoms with E-state index in [4.69, 9.17) is 19.7 Å². The monoisotopic (exact) mass is 508 g/mol. The fourth-order valence-corrected chi connectivity index (χ4v) is 5.88. The van der Waals surface area contributed by atoms with E-state index in [1.54, 1.807) is 0 Å². The summed E-state index contributed by atoms with van der Waals surface area (Å²) in [6.45, 7) is 4.67. The molecule has 0 amide bonds. The third kappa shape index (κ3) is 7.21. The van der Waals surface area contributed by atoms with Gasteiger partial charge in [0.05, 0.1) is 13.2 Å². The molecule has 0 bridgehead atoms. The minimum atomic E-state index is -0.903. The zero-order valence-corrected chi connectivity index (χ0v) is 21.8. The van der Waals surface area contributed by atoms with Crippen molar-refractivity contribution >= 4 is 17.7 Å². The van der Waals surface area contributed by atoms with Gasteiger partial charge >= 0.3 is 5.97 Å². The maximum absolute atomic E-state index is 10.7. The number of carboxylic acid groups (broad SMARTS) is 1. The van der Waals surface area contributed by atoms with Crippen molar-refractivity contribution in [1.29, 1.82) is 0 Å². The standard InChI is InChI=1S/C29H36N2O4S/c1-2-34-17-18-36-29-27(24-9-5-3-6-10-24)28(25-11-7-4-8-12-25)30-31(29)19-22-13-15-23(16-14-22)20-35-21-26(32)33/h3-12,22-23H,2,13-21H2,1H3,(H,32,33)/t22-,23+. The number of thioether (sulfide) groups is 1. The molecule has 7 heteroatoms. The van der Waals surface area contributed by atoms with Gasteiger partial charge in [0.15, 0.2) is 0 Å². The summed E-state index contributed by atoms with van der Waals surface area (Å²) in [5, 5.41) is 15.2. The zero-order chi connectivity index (χ0) is 25.2. The van der Waals surface area contributed by atoms with Gasteiger partial charge in [-0.05, 0) is 50.0 Å². The Bertz CT molecular complexity index is 1080. The normalized spacial score (nSPS) is 17.8. The van der Waals surface area contributed by atoms with Crippen LogP contribution < -0.4 is 0 Å². The van der Waals surface area contributed by atoms with Crippen molar-refractivity contribution in [3.8, 4) is 22.4 Å². The number of hydrogen-bond acceptors (Lipinski definition) is 5. The Hall–Kier alpha value is -2.61. The molecule has 4 rings (SSSR count). The van der Waals surface area contributed by atoms with E-state index in [1.165, 1.54) is 16.2 Å². The molecule has 1 fully saturated rings. The highest BCUT2D eigenvalue weighted by Crippen LogP contribution is 2.41. The second kappa shape index (κ2) is 13.6. The van der Waals surface area contributed by atoms with Gasteiger partial charge in [0.1, 0.15) is 17.3 Å². The van der Waals surface area contributed by atoms with E-state index in [-0.39, 0.29) is 6.61 Å². The van der Waals surface area contributed by atoms with Crippen molar-refractivity contribution in [1.82, 2.24) is 9.78 Å². The minimum Gasteiger partial charge on any atom is -0.480 e. The molecule has 0 atom stereocenters. The van der Waals surface area contributed by atoms with Gasteiger partial charge in [0.2, 0.25) is 0 Å². The fraction of sp³-hybridized carbons (Fsp3) is 0.448. The Labute approximate surface area is 218 Å². The average molecular weight is 509 g/mol. The van der Waals surface area contributed by atoms with E-state index >= 15 is 0 Å². The summed E-state index contributed by atoms with van der Waals surface area (Å²) in [6.07, 6.45) is 4.33. The molecule has 0 saturated heterocycles. The van der Waals surface area contributed by atoms with Crippen LogP contribution in [0.2, 0.25) is 0 Å². The van der Waals surface area contributed by atoms with E-state index in [2.05, 4.69) is 59.3 Å². The third-order valence-corrected chi connectivity index (χ3v) is 7.72. The lowest BCUT2D eigenvalue weighted by Gasteiger charge is -2.28. The van der Waals surface area contributed by atoms with E-state index < -0.39 is 5.97 Å². The zero-order valence-electron chi connectivity index (χ0n) is 21.0. The van der Waals surface area contributed by atoms with Gasteiger partial charge in [0.25, 0.3) is 0 Å². The molecular formula is C29H36N2O4S. The van der Waals surface area contributed by atoms with Gasteiger partial charge in [-0.1, -0.05) is 60.7 Å². The number of rotatable bonds is 13. The topological polar surface area (TPSA) is 73.6 Å². The van der Waals surface area contributed by atoms with Crippen molar-refractivity contribution in [3.63, 3.8) is 0 Å². The van der Waals surface area contributed by atoms with E-state index in [0.29, 0.717) is 25.0 Å². The molecular weight excluding hydrogens is 472 g/mol. The van der Waals surface area contributed by atoms with Gasteiger partial charge in [-0.25, -0.2) is 4.79 Å². The number of carbonyl (C=O) groups is 1. The third-order valence-electron chi connectivity index (χ3n) is 6.66. The van der Waals surface area contributed by atoms with Crippen LogP contribution in [0.25, 0.3) is 22.4 Å². The molecule has 1 saturated carbocycles. The summed E-state index contributed by atoms with van der Waals surface area (Å²) < 4.78 is 13.2. The van der Waals surface area contributed by atoms with E-state index in [0.717, 1.165) is 55.8 Å². The largest absolute Gasteiger partial charge is 0.480 e. The second-order valence-corrected chi connectivity index (χ2v) is 10.4. The first kappa shape index (κ1) is 26.5. The maximum atomic E-state index is 10.7. The number of aromatic nitrogens is 2. The lowest BCUT2D eigenvalue weighted by Crippen LogP contribution is -2.23. The molecule has 0 radical (unpaired) electrons. The first-order valence-corrected chi connectivity index (χ1v) is 13.9. The molecule has 1 aliphatic rings. The van der Waals surface area contributed by atoms with Crippen LogP contribution in [0, 0.1) is 11.8 Å². The van der Waals surface area contributed by atoms with Gasteiger partial charge in [-0.15, -0.1) is 11.8 Å². The molecule has 0 unspecified atom stereocenters. The lowest BCUT2D eigenvalue weighted by molar-refractivity contribution is -0.142. The quantitative estimate of drug-likeness (QED) is 0.217. The summed E-state index contributed by atoms with van der Waals surface area (Å²) in [6, 6.07) is 21.0. The van der Waals surface area contributed by atoms with Gasteiger partial charge in [-0.3, -0.25) is 4.68 Å². The van der Waals surface area contributed by atoms with Crippen LogP contribution in [0.3, 0.4) is 0 Å². The predicted octanol–water partition coefficient (Wildman–Crippen LogP) is 6.25. The first-order chi connectivity index (χ1) is 17.7. The highest BCUT2D eigenvalue weighted by Gasteiger charge is 2.26. The molecule has 36 heavy (non-hydrogen) atoms. The molecule has 1 N–H and O–H groups in total. The molecule has 3 aromatic rings. The smallest absolute Gasteiger partial charge is 0.329 e. The number of carboxylic acids is 1. The first-order valence-electron chi connectivity index (χ1n) is 12.9. The van der Waals surface area contributed by atoms with Crippen LogP contribution >= 0.6 is 11.8 Å². The molecule has 192 valence electrons. The summed E-state index contributed by atoms with van der Waals surface area (Å²) in [7, 11) is 0. The highest BCUT2D eigenvalue weighted by atomic mass is 32.2. The van der Waals surface area contributed by atoms with Crippen LogP contribution in [0.15, 0.2) is 65.7 Å². The van der Waals surface area contributed by atoms with Crippen LogP contribution in [-0.4, -0.2) is 53.0 Å². The summed E-state index contributed by atoms with van der Waals surface area (Å²) in [5.41, 5.74) is 4.53. The van der Waals surface area contributed by atoms with Crippen molar-refractivity contribution in [2.45, 2.75) is 44.2 Å². The van der Waals surface area contributed by atoms with Gasteiger partial charge < -0.3 is 14.6 Å². The Morgan fingerprint density at radius 2 is 1.61 bits per heavy atom. The van der Waals surface area contributed by atoms with E-state index in [1.807, 2.05) is 24.8 Å². The molecule has 1 heterocycles. The number of ether oxygens (including phenoxy) is 2. The van der Waals surface area contributed by atoms with Crippen LogP contribution in [0.4, 0.5) is 0 Å². The Morgan fingerprint density at radius 3 is 2.25 bits per heavy atom. The van der Waals surface area contributed by atoms with Crippen molar-refractivity contribution in [2.75, 3.05) is 32.2 Å². The molecule has 2 aromatic carbocycles. The number of hydrogen-bond donors (Lipinski definition) is 1. The Balaban J connectivity index is 1.57. The molecule has 1 aromatic heterocycles. The summed E-state index contributed by atoms with van der Waals surface area (Å²) in [5.74, 6) is 0.957. The van der Waals surface area contributed by atoms with Gasteiger partial charge in [-0.2, -0.15) is 5.10 Å². The van der Waals surface area contributed by atoms with Crippen molar-refractivity contribution in [3.05, 3.63) is 60.7 Å². The van der Waals surface area contributed by atoms with Crippen molar-refractivity contribution in [2.24, 2.45) is 11.8 Å². The fourth-order valence-electron chi connectivity index (χ4n) is 4.86. The minimum absolute atomic E-state index is 0.208. The SMILES string of the molecule is CCOCCSc1c(-c2ccccc2)c(-c2ccccc2)nn1C[C@H]1CC[C@@H](COCC(=O)O)CC1. The molecule has 0 aliphatic heterocycles. The number of benzene rings is 2. The van der Waals surface area contributed by atoms with Crippen LogP contribution in [0.5, 0.6) is 0 Å². The van der Waals surface area contributed by atoms with Crippen LogP contribution in [0.1, 0.15) is 32.6 Å². The summed E-state index contributed by atoms with van der Waals surface area (Å²) >= 11 is 1.83. The van der Waals surface area contributed by atoms with E-state index in [9.17, 15) is 4.79 Å². The second-order valence-electron chi connectivity index (χ2n) is 9.28. The van der Waals surface area contributed by atoms with Crippen LogP contribution in [-0.2, 0) is 20.8 Å². The maximum Gasteiger partial charge on any atom is 0.329 e. The highest BCUT2D eigenvalue weighted by molar-refractivity contribution is 7.99. The molecule has 0 spiro atoms. The number of aliphatic carboxylic acids is 1. The summed E-state index contributed by atoms with van der Waals surface area (Å²) in [4.78, 5) is 10.7. The van der Waals surface area contributed by atoms with Gasteiger partial charge in [0, 0.05) is 30.0 Å². The number of nitrogens with zero attached hydrogens (tertiary/aromatic N) is 2. The molecule has 1 aliphatic carbocycles. The predicted molar refractivity (Wildman–Crippen MR) is 144 cm³/mol. The molecule has 6 nitrogen and oxygen atoms in total. The Kier molecular flexibility index (Phi) is 10.0. The Morgan fingerprint density at radius 1 is 0.972 bits per heavy atom.